The van der Waals surface area contributed by atoms with Gasteiger partial charge in [0.15, 0.2) is 0 Å². The maximum atomic E-state index is 13.1. The Balaban J connectivity index is 1.56. The van der Waals surface area contributed by atoms with Crippen LogP contribution in [0, 0.1) is 6.92 Å². The normalized spacial score (nSPS) is 11.5. The molecule has 0 aliphatic carbocycles. The first-order valence-electron chi connectivity index (χ1n) is 11.4. The number of anilines is 2. The van der Waals surface area contributed by atoms with Crippen LogP contribution in [0.25, 0.3) is 11.0 Å². The third-order valence-corrected chi connectivity index (χ3v) is 6.81. The number of ether oxygens (including phenoxy) is 1. The number of nitrogens with zero attached hydrogens (tertiary/aromatic N) is 2. The summed E-state index contributed by atoms with van der Waals surface area (Å²) in [5.41, 5.74) is 3.27. The summed E-state index contributed by atoms with van der Waals surface area (Å²) in [6.07, 6.45) is 0.759. The molecule has 0 fully saturated rings. The Labute approximate surface area is 205 Å². The number of para-hydroxylation sites is 2. The molecule has 0 radical (unpaired) electrons. The molecule has 1 aromatic heterocycles. The molecule has 8 nitrogen and oxygen atoms in total. The highest BCUT2D eigenvalue weighted by Crippen LogP contribution is 2.22. The van der Waals surface area contributed by atoms with Crippen molar-refractivity contribution in [1.82, 2.24) is 9.55 Å². The molecule has 0 aliphatic heterocycles. The van der Waals surface area contributed by atoms with Crippen molar-refractivity contribution in [3.8, 4) is 0 Å². The van der Waals surface area contributed by atoms with E-state index in [1.54, 1.807) is 30.3 Å². The van der Waals surface area contributed by atoms with Gasteiger partial charge in [-0.25, -0.2) is 13.4 Å². The van der Waals surface area contributed by atoms with Crippen molar-refractivity contribution in [2.75, 3.05) is 23.3 Å². The minimum absolute atomic E-state index is 0.00289. The van der Waals surface area contributed by atoms with Crippen LogP contribution in [-0.4, -0.2) is 37.1 Å². The number of sulfonamides is 1. The first-order chi connectivity index (χ1) is 16.9. The van der Waals surface area contributed by atoms with E-state index in [9.17, 15) is 13.2 Å². The first-order valence-corrected chi connectivity index (χ1v) is 12.9. The fourth-order valence-corrected chi connectivity index (χ4v) is 4.86. The predicted octanol–water partition coefficient (Wildman–Crippen LogP) is 4.82. The Kier molecular flexibility index (Phi) is 7.48. The van der Waals surface area contributed by atoms with Gasteiger partial charge < -0.3 is 9.30 Å². The Hall–Kier alpha value is -3.69. The number of fused-ring (bicyclic) bond motifs is 1. The molecule has 0 unspecified atom stereocenters. The summed E-state index contributed by atoms with van der Waals surface area (Å²) < 4.78 is 35.8. The van der Waals surface area contributed by atoms with Gasteiger partial charge in [-0.3, -0.25) is 14.8 Å². The van der Waals surface area contributed by atoms with Gasteiger partial charge in [-0.2, -0.15) is 0 Å². The van der Waals surface area contributed by atoms with E-state index in [1.807, 2.05) is 48.7 Å². The minimum Gasteiger partial charge on any atom is -0.382 e. The summed E-state index contributed by atoms with van der Waals surface area (Å²) in [5.74, 6) is -0.0437. The molecule has 35 heavy (non-hydrogen) atoms. The molecule has 3 aromatic carbocycles. The van der Waals surface area contributed by atoms with E-state index in [1.165, 1.54) is 12.1 Å². The fraction of sp³-hybridized carbons (Fsp3) is 0.231. The van der Waals surface area contributed by atoms with Crippen LogP contribution in [0.4, 0.5) is 11.6 Å². The van der Waals surface area contributed by atoms with Crippen molar-refractivity contribution in [2.45, 2.75) is 31.7 Å². The maximum absolute atomic E-state index is 13.1. The summed E-state index contributed by atoms with van der Waals surface area (Å²) in [6.45, 7) is 5.69. The number of aromatic nitrogens is 2. The Morgan fingerprint density at radius 1 is 1.03 bits per heavy atom. The zero-order valence-corrected chi connectivity index (χ0v) is 20.5. The highest BCUT2D eigenvalue weighted by Gasteiger charge is 2.19. The molecule has 0 atom stereocenters. The summed E-state index contributed by atoms with van der Waals surface area (Å²) in [4.78, 5) is 17.7. The molecule has 1 amide bonds. The van der Waals surface area contributed by atoms with Crippen molar-refractivity contribution >= 4 is 38.6 Å². The number of amides is 1. The number of aryl methyl sites for hydroxylation is 2. The van der Waals surface area contributed by atoms with Gasteiger partial charge in [0.05, 0.1) is 15.9 Å². The SMILES string of the molecule is CCOCCCn1c(NC(=O)c2cccc(S(=O)(=O)Nc3cccc(C)c3)c2)nc2ccccc21. The third-order valence-electron chi connectivity index (χ3n) is 5.43. The number of hydrogen-bond acceptors (Lipinski definition) is 5. The Morgan fingerprint density at radius 3 is 2.63 bits per heavy atom. The molecule has 0 spiro atoms. The van der Waals surface area contributed by atoms with Crippen LogP contribution in [0.3, 0.4) is 0 Å². The van der Waals surface area contributed by atoms with Crippen molar-refractivity contribution in [3.63, 3.8) is 0 Å². The average Bonchev–Trinajstić information content (AvgIpc) is 3.18. The molecule has 2 N–H and O–H groups in total. The quantitative estimate of drug-likeness (QED) is 0.309. The lowest BCUT2D eigenvalue weighted by atomic mass is 10.2. The molecule has 1 heterocycles. The number of imidazole rings is 1. The van der Waals surface area contributed by atoms with Gasteiger partial charge >= 0.3 is 0 Å². The first kappa shape index (κ1) is 24.4. The fourth-order valence-electron chi connectivity index (χ4n) is 3.77. The maximum Gasteiger partial charge on any atom is 0.261 e. The number of hydrogen-bond donors (Lipinski definition) is 2. The smallest absolute Gasteiger partial charge is 0.261 e. The highest BCUT2D eigenvalue weighted by molar-refractivity contribution is 7.92. The lowest BCUT2D eigenvalue weighted by Crippen LogP contribution is -2.18. The molecule has 0 bridgehead atoms. The predicted molar refractivity (Wildman–Crippen MR) is 137 cm³/mol. The van der Waals surface area contributed by atoms with Crippen LogP contribution in [0.15, 0.2) is 77.7 Å². The average molecular weight is 493 g/mol. The van der Waals surface area contributed by atoms with E-state index in [0.717, 1.165) is 23.0 Å². The summed E-state index contributed by atoms with van der Waals surface area (Å²) >= 11 is 0. The second-order valence-electron chi connectivity index (χ2n) is 8.08. The van der Waals surface area contributed by atoms with Gasteiger partial charge in [0.1, 0.15) is 0 Å². The highest BCUT2D eigenvalue weighted by atomic mass is 32.2. The number of carbonyl (C=O) groups is 1. The zero-order valence-electron chi connectivity index (χ0n) is 19.7. The molecule has 0 aliphatic rings. The zero-order chi connectivity index (χ0) is 24.8. The van der Waals surface area contributed by atoms with E-state index in [-0.39, 0.29) is 10.5 Å². The summed E-state index contributed by atoms with van der Waals surface area (Å²) in [7, 11) is -3.87. The number of nitrogens with one attached hydrogen (secondary N) is 2. The van der Waals surface area contributed by atoms with Gasteiger partial charge in [0.25, 0.3) is 15.9 Å². The molecule has 4 rings (SSSR count). The molecule has 9 heteroatoms. The molecular weight excluding hydrogens is 464 g/mol. The Morgan fingerprint density at radius 2 is 1.83 bits per heavy atom. The third kappa shape index (κ3) is 5.87. The number of carbonyl (C=O) groups excluding carboxylic acids is 1. The van der Waals surface area contributed by atoms with Crippen molar-refractivity contribution in [3.05, 3.63) is 83.9 Å². The van der Waals surface area contributed by atoms with Crippen LogP contribution in [0.1, 0.15) is 29.3 Å². The van der Waals surface area contributed by atoms with E-state index >= 15 is 0 Å². The molecule has 0 saturated carbocycles. The van der Waals surface area contributed by atoms with Gasteiger partial charge in [-0.15, -0.1) is 0 Å². The summed E-state index contributed by atoms with van der Waals surface area (Å²) in [5, 5.41) is 2.85. The van der Waals surface area contributed by atoms with Crippen LogP contribution in [0.5, 0.6) is 0 Å². The van der Waals surface area contributed by atoms with E-state index in [2.05, 4.69) is 15.0 Å². The van der Waals surface area contributed by atoms with Crippen molar-refractivity contribution in [1.29, 1.82) is 0 Å². The lowest BCUT2D eigenvalue weighted by molar-refractivity contribution is 0.102. The van der Waals surface area contributed by atoms with Crippen LogP contribution >= 0.6 is 0 Å². The number of benzene rings is 3. The Bertz CT molecular complexity index is 1450. The van der Waals surface area contributed by atoms with Crippen molar-refractivity contribution < 1.29 is 17.9 Å². The van der Waals surface area contributed by atoms with Crippen molar-refractivity contribution in [2.24, 2.45) is 0 Å². The van der Waals surface area contributed by atoms with Gasteiger partial charge in [-0.05, 0) is 68.3 Å². The molecule has 0 saturated heterocycles. The molecular formula is C26H28N4O4S. The topological polar surface area (TPSA) is 102 Å². The monoisotopic (exact) mass is 492 g/mol. The van der Waals surface area contributed by atoms with Gasteiger partial charge in [0.2, 0.25) is 5.95 Å². The largest absolute Gasteiger partial charge is 0.382 e. The number of rotatable bonds is 10. The van der Waals surface area contributed by atoms with E-state index in [4.69, 9.17) is 4.74 Å². The van der Waals surface area contributed by atoms with Gasteiger partial charge in [-0.1, -0.05) is 30.3 Å². The standard InChI is InChI=1S/C26H28N4O4S/c1-3-34-16-8-15-30-24-14-5-4-13-23(24)27-26(30)28-25(31)20-10-7-12-22(18-20)35(32,33)29-21-11-6-9-19(2)17-21/h4-7,9-14,17-18,29H,3,8,15-16H2,1-2H3,(H,27,28,31). The van der Waals surface area contributed by atoms with E-state index < -0.39 is 15.9 Å². The lowest BCUT2D eigenvalue weighted by Gasteiger charge is -2.12. The van der Waals surface area contributed by atoms with Crippen LogP contribution in [-0.2, 0) is 21.3 Å². The molecule has 4 aromatic rings. The van der Waals surface area contributed by atoms with Crippen LogP contribution < -0.4 is 10.0 Å². The van der Waals surface area contributed by atoms with E-state index in [0.29, 0.717) is 31.4 Å². The molecule has 182 valence electrons. The van der Waals surface area contributed by atoms with Gasteiger partial charge in [0, 0.05) is 31.0 Å². The second kappa shape index (κ2) is 10.7. The second-order valence-corrected chi connectivity index (χ2v) is 9.77. The summed E-state index contributed by atoms with van der Waals surface area (Å²) in [6, 6.07) is 20.6. The minimum atomic E-state index is -3.87. The van der Waals surface area contributed by atoms with Crippen LogP contribution in [0.2, 0.25) is 0 Å².